The minimum absolute atomic E-state index is 0.170. The molecule has 34 heavy (non-hydrogen) atoms. The summed E-state index contributed by atoms with van der Waals surface area (Å²) in [4.78, 5) is 40.2. The van der Waals surface area contributed by atoms with Crippen molar-refractivity contribution in [2.45, 2.75) is 64.0 Å². The molecule has 1 saturated carbocycles. The first-order valence-electron chi connectivity index (χ1n) is 12.6. The summed E-state index contributed by atoms with van der Waals surface area (Å²) in [6.45, 7) is 4.06. The molecule has 2 fully saturated rings. The Hall–Kier alpha value is -2.87. The van der Waals surface area contributed by atoms with Crippen LogP contribution in [0.1, 0.15) is 63.5 Å². The molecule has 0 bridgehead atoms. The fourth-order valence-electron chi connectivity index (χ4n) is 5.23. The lowest BCUT2D eigenvalue weighted by atomic mass is 9.88. The number of esters is 1. The van der Waals surface area contributed by atoms with Gasteiger partial charge in [-0.05, 0) is 38.2 Å². The van der Waals surface area contributed by atoms with Gasteiger partial charge in [-0.2, -0.15) is 0 Å². The fourth-order valence-corrected chi connectivity index (χ4v) is 5.23. The van der Waals surface area contributed by atoms with Crippen molar-refractivity contribution in [3.8, 4) is 0 Å². The van der Waals surface area contributed by atoms with Gasteiger partial charge in [-0.3, -0.25) is 9.69 Å². The standard InChI is InChI=1S/C26H36N4O4/c1-2-34-25(32)22-21(28-26(33)29-23(22)18-9-5-3-6-10-18)17-30-15-13-20(14-16-30)27-24(31)19-11-7-4-8-12-19/h3,5-6,9-10,19-20,23H,2,4,7-8,11-17H2,1H3,(H,27,31)(H2,28,29,33). The zero-order valence-corrected chi connectivity index (χ0v) is 20.0. The van der Waals surface area contributed by atoms with Crippen molar-refractivity contribution in [3.63, 3.8) is 0 Å². The molecular formula is C26H36N4O4. The summed E-state index contributed by atoms with van der Waals surface area (Å²) in [7, 11) is 0. The van der Waals surface area contributed by atoms with Crippen LogP contribution in [0.3, 0.4) is 0 Å². The number of carbonyl (C=O) groups excluding carboxylic acids is 3. The predicted octanol–water partition coefficient (Wildman–Crippen LogP) is 3.02. The number of likely N-dealkylation sites (tertiary alicyclic amines) is 1. The minimum atomic E-state index is -0.559. The van der Waals surface area contributed by atoms with E-state index in [0.29, 0.717) is 17.8 Å². The number of nitrogens with zero attached hydrogens (tertiary/aromatic N) is 1. The molecule has 3 amide bonds. The van der Waals surface area contributed by atoms with Gasteiger partial charge in [-0.1, -0.05) is 49.6 Å². The Morgan fingerprint density at radius 3 is 2.44 bits per heavy atom. The van der Waals surface area contributed by atoms with E-state index in [0.717, 1.165) is 57.2 Å². The molecule has 3 N–H and O–H groups in total. The number of carbonyl (C=O) groups is 3. The summed E-state index contributed by atoms with van der Waals surface area (Å²) in [5, 5.41) is 8.99. The van der Waals surface area contributed by atoms with Crippen LogP contribution < -0.4 is 16.0 Å². The maximum atomic E-state index is 12.9. The molecule has 0 spiro atoms. The molecule has 8 nitrogen and oxygen atoms in total. The third-order valence-electron chi connectivity index (χ3n) is 7.07. The highest BCUT2D eigenvalue weighted by Crippen LogP contribution is 2.29. The summed E-state index contributed by atoms with van der Waals surface area (Å²) in [6.07, 6.45) is 7.27. The normalized spacial score (nSPS) is 22.6. The highest BCUT2D eigenvalue weighted by molar-refractivity contribution is 5.95. The second-order valence-corrected chi connectivity index (χ2v) is 9.45. The molecule has 3 aliphatic rings. The number of ether oxygens (including phenoxy) is 1. The molecule has 1 aliphatic carbocycles. The topological polar surface area (TPSA) is 99.8 Å². The molecular weight excluding hydrogens is 432 g/mol. The van der Waals surface area contributed by atoms with Crippen LogP contribution in [0.4, 0.5) is 4.79 Å². The maximum Gasteiger partial charge on any atom is 0.338 e. The van der Waals surface area contributed by atoms with Crippen molar-refractivity contribution >= 4 is 17.9 Å². The molecule has 2 aliphatic heterocycles. The largest absolute Gasteiger partial charge is 0.463 e. The molecule has 1 aromatic rings. The van der Waals surface area contributed by atoms with Crippen LogP contribution in [-0.4, -0.2) is 55.1 Å². The first-order valence-corrected chi connectivity index (χ1v) is 12.6. The third-order valence-corrected chi connectivity index (χ3v) is 7.07. The third kappa shape index (κ3) is 5.97. The number of nitrogens with one attached hydrogen (secondary N) is 3. The molecule has 184 valence electrons. The van der Waals surface area contributed by atoms with E-state index in [9.17, 15) is 14.4 Å². The zero-order chi connectivity index (χ0) is 23.9. The first kappa shape index (κ1) is 24.3. The van der Waals surface area contributed by atoms with Gasteiger partial charge in [0.15, 0.2) is 0 Å². The lowest BCUT2D eigenvalue weighted by molar-refractivity contribution is -0.139. The number of hydrogen-bond donors (Lipinski definition) is 3. The van der Waals surface area contributed by atoms with E-state index in [2.05, 4.69) is 20.9 Å². The maximum absolute atomic E-state index is 12.9. The van der Waals surface area contributed by atoms with Gasteiger partial charge in [0.1, 0.15) is 0 Å². The monoisotopic (exact) mass is 468 g/mol. The van der Waals surface area contributed by atoms with E-state index in [1.165, 1.54) is 6.42 Å². The van der Waals surface area contributed by atoms with Gasteiger partial charge in [-0.25, -0.2) is 9.59 Å². The highest BCUT2D eigenvalue weighted by atomic mass is 16.5. The van der Waals surface area contributed by atoms with Gasteiger partial charge < -0.3 is 20.7 Å². The highest BCUT2D eigenvalue weighted by Gasteiger charge is 2.35. The van der Waals surface area contributed by atoms with Crippen LogP contribution in [0.25, 0.3) is 0 Å². The summed E-state index contributed by atoms with van der Waals surface area (Å²) in [5.41, 5.74) is 1.86. The Balaban J connectivity index is 1.42. The molecule has 0 aromatic heterocycles. The summed E-state index contributed by atoms with van der Waals surface area (Å²) >= 11 is 0. The minimum Gasteiger partial charge on any atom is -0.463 e. The van der Waals surface area contributed by atoms with Crippen molar-refractivity contribution in [3.05, 3.63) is 47.2 Å². The molecule has 2 heterocycles. The Bertz CT molecular complexity index is 903. The smallest absolute Gasteiger partial charge is 0.338 e. The van der Waals surface area contributed by atoms with E-state index >= 15 is 0 Å². The van der Waals surface area contributed by atoms with Crippen molar-refractivity contribution < 1.29 is 19.1 Å². The molecule has 0 radical (unpaired) electrons. The lowest BCUT2D eigenvalue weighted by Gasteiger charge is -2.36. The van der Waals surface area contributed by atoms with Crippen LogP contribution in [0.5, 0.6) is 0 Å². The Kier molecular flexibility index (Phi) is 8.21. The van der Waals surface area contributed by atoms with E-state index in [4.69, 9.17) is 4.74 Å². The van der Waals surface area contributed by atoms with Crippen LogP contribution in [-0.2, 0) is 14.3 Å². The van der Waals surface area contributed by atoms with Crippen LogP contribution in [0.15, 0.2) is 41.6 Å². The van der Waals surface area contributed by atoms with Crippen molar-refractivity contribution in [1.29, 1.82) is 0 Å². The Morgan fingerprint density at radius 1 is 1.06 bits per heavy atom. The fraction of sp³-hybridized carbons (Fsp3) is 0.577. The second kappa shape index (κ2) is 11.5. The average Bonchev–Trinajstić information content (AvgIpc) is 2.86. The molecule has 8 heteroatoms. The van der Waals surface area contributed by atoms with Gasteiger partial charge in [-0.15, -0.1) is 0 Å². The Labute approximate surface area is 201 Å². The van der Waals surface area contributed by atoms with Crippen molar-refractivity contribution in [1.82, 2.24) is 20.9 Å². The summed E-state index contributed by atoms with van der Waals surface area (Å²) in [5.74, 6) is -0.0424. The van der Waals surface area contributed by atoms with Crippen molar-refractivity contribution in [2.75, 3.05) is 26.2 Å². The number of piperidine rings is 1. The molecule has 1 unspecified atom stereocenters. The van der Waals surface area contributed by atoms with Crippen LogP contribution in [0, 0.1) is 5.92 Å². The van der Waals surface area contributed by atoms with Gasteiger partial charge in [0.2, 0.25) is 5.91 Å². The van der Waals surface area contributed by atoms with E-state index < -0.39 is 12.0 Å². The number of amides is 3. The molecule has 1 atom stereocenters. The van der Waals surface area contributed by atoms with Gasteiger partial charge in [0.05, 0.1) is 18.2 Å². The molecule has 1 saturated heterocycles. The second-order valence-electron chi connectivity index (χ2n) is 9.45. The van der Waals surface area contributed by atoms with E-state index in [-0.39, 0.29) is 30.5 Å². The van der Waals surface area contributed by atoms with Gasteiger partial charge >= 0.3 is 12.0 Å². The molecule has 4 rings (SSSR count). The lowest BCUT2D eigenvalue weighted by Crippen LogP contribution is -2.51. The summed E-state index contributed by atoms with van der Waals surface area (Å²) < 4.78 is 5.35. The zero-order valence-electron chi connectivity index (χ0n) is 20.0. The van der Waals surface area contributed by atoms with Crippen LogP contribution in [0.2, 0.25) is 0 Å². The number of urea groups is 1. The van der Waals surface area contributed by atoms with E-state index in [1.54, 1.807) is 6.92 Å². The van der Waals surface area contributed by atoms with Gasteiger partial charge in [0.25, 0.3) is 0 Å². The first-order chi connectivity index (χ1) is 16.5. The van der Waals surface area contributed by atoms with Crippen LogP contribution >= 0.6 is 0 Å². The average molecular weight is 469 g/mol. The SMILES string of the molecule is CCOC(=O)C1=C(CN2CCC(NC(=O)C3CCCCC3)CC2)NC(=O)NC1c1ccccc1. The summed E-state index contributed by atoms with van der Waals surface area (Å²) in [6, 6.07) is 8.77. The van der Waals surface area contributed by atoms with Crippen molar-refractivity contribution in [2.24, 2.45) is 5.92 Å². The molecule has 1 aromatic carbocycles. The van der Waals surface area contributed by atoms with Gasteiger partial charge in [0, 0.05) is 37.3 Å². The quantitative estimate of drug-likeness (QED) is 0.534. The number of benzene rings is 1. The number of hydrogen-bond acceptors (Lipinski definition) is 5. The number of rotatable bonds is 7. The van der Waals surface area contributed by atoms with E-state index in [1.807, 2.05) is 30.3 Å². The predicted molar refractivity (Wildman–Crippen MR) is 129 cm³/mol. The Morgan fingerprint density at radius 2 is 1.76 bits per heavy atom.